The largest absolute Gasteiger partial charge is 0.465 e. The summed E-state index contributed by atoms with van der Waals surface area (Å²) in [7, 11) is 3.22. The first kappa shape index (κ1) is 13.1. The highest BCUT2D eigenvalue weighted by molar-refractivity contribution is 5.90. The van der Waals surface area contributed by atoms with E-state index < -0.39 is 0 Å². The average Bonchev–Trinajstić information content (AvgIpc) is 2.78. The standard InChI is InChI=1S/C13H16N4O2/c1-4-10-11(8-17(2)16-10)15-12-7-9(5-6-14-12)13(18)19-3/h5-8H,4H2,1-3H3,(H,14,15). The van der Waals surface area contributed by atoms with E-state index in [0.717, 1.165) is 17.8 Å². The van der Waals surface area contributed by atoms with Crippen molar-refractivity contribution in [2.24, 2.45) is 7.05 Å². The van der Waals surface area contributed by atoms with Gasteiger partial charge in [-0.15, -0.1) is 0 Å². The molecule has 6 heteroatoms. The number of ether oxygens (including phenoxy) is 1. The maximum absolute atomic E-state index is 11.5. The number of nitrogens with one attached hydrogen (secondary N) is 1. The van der Waals surface area contributed by atoms with Crippen LogP contribution >= 0.6 is 0 Å². The molecule has 0 bridgehead atoms. The number of hydrogen-bond donors (Lipinski definition) is 1. The van der Waals surface area contributed by atoms with Crippen LogP contribution in [0.3, 0.4) is 0 Å². The molecule has 0 spiro atoms. The van der Waals surface area contributed by atoms with Gasteiger partial charge in [0.2, 0.25) is 0 Å². The lowest BCUT2D eigenvalue weighted by Crippen LogP contribution is -2.03. The molecular weight excluding hydrogens is 244 g/mol. The van der Waals surface area contributed by atoms with E-state index in [1.807, 2.05) is 20.2 Å². The number of carbonyl (C=O) groups excluding carboxylic acids is 1. The maximum Gasteiger partial charge on any atom is 0.338 e. The second-order valence-electron chi connectivity index (χ2n) is 4.06. The summed E-state index contributed by atoms with van der Waals surface area (Å²) in [5.74, 6) is 0.206. The van der Waals surface area contributed by atoms with Crippen LogP contribution in [0.4, 0.5) is 11.5 Å². The Morgan fingerprint density at radius 3 is 3.00 bits per heavy atom. The van der Waals surface area contributed by atoms with E-state index in [2.05, 4.69) is 20.1 Å². The van der Waals surface area contributed by atoms with E-state index >= 15 is 0 Å². The summed E-state index contributed by atoms with van der Waals surface area (Å²) < 4.78 is 6.42. The summed E-state index contributed by atoms with van der Waals surface area (Å²) in [4.78, 5) is 15.6. The second kappa shape index (κ2) is 5.51. The SMILES string of the molecule is CCc1nn(C)cc1Nc1cc(C(=O)OC)ccn1. The van der Waals surface area contributed by atoms with Gasteiger partial charge in [0.15, 0.2) is 0 Å². The molecule has 6 nitrogen and oxygen atoms in total. The Kier molecular flexibility index (Phi) is 3.79. The topological polar surface area (TPSA) is 69.0 Å². The lowest BCUT2D eigenvalue weighted by Gasteiger charge is -2.06. The molecule has 2 rings (SSSR count). The quantitative estimate of drug-likeness (QED) is 0.850. The molecule has 0 aliphatic carbocycles. The first-order chi connectivity index (χ1) is 9.13. The van der Waals surface area contributed by atoms with Crippen LogP contribution in [0.15, 0.2) is 24.5 Å². The minimum absolute atomic E-state index is 0.382. The first-order valence-corrected chi connectivity index (χ1v) is 5.98. The Hall–Kier alpha value is -2.37. The van der Waals surface area contributed by atoms with E-state index in [1.165, 1.54) is 7.11 Å². The lowest BCUT2D eigenvalue weighted by atomic mass is 10.2. The van der Waals surface area contributed by atoms with Crippen LogP contribution < -0.4 is 5.32 Å². The van der Waals surface area contributed by atoms with Crippen molar-refractivity contribution in [1.82, 2.24) is 14.8 Å². The first-order valence-electron chi connectivity index (χ1n) is 5.98. The van der Waals surface area contributed by atoms with Crippen molar-refractivity contribution < 1.29 is 9.53 Å². The molecule has 0 saturated carbocycles. The van der Waals surface area contributed by atoms with E-state index in [-0.39, 0.29) is 5.97 Å². The van der Waals surface area contributed by atoms with Gasteiger partial charge in [-0.2, -0.15) is 5.10 Å². The molecule has 0 aliphatic rings. The Labute approximate surface area is 111 Å². The molecule has 0 aromatic carbocycles. The molecule has 0 fully saturated rings. The van der Waals surface area contributed by atoms with Gasteiger partial charge in [-0.3, -0.25) is 4.68 Å². The predicted molar refractivity (Wildman–Crippen MR) is 71.4 cm³/mol. The van der Waals surface area contributed by atoms with Crippen molar-refractivity contribution >= 4 is 17.5 Å². The van der Waals surface area contributed by atoms with Gasteiger partial charge in [-0.1, -0.05) is 6.92 Å². The minimum atomic E-state index is -0.382. The minimum Gasteiger partial charge on any atom is -0.465 e. The van der Waals surface area contributed by atoms with E-state index in [0.29, 0.717) is 11.4 Å². The molecule has 0 radical (unpaired) electrons. The van der Waals surface area contributed by atoms with Gasteiger partial charge in [0.1, 0.15) is 5.82 Å². The van der Waals surface area contributed by atoms with Crippen LogP contribution in [0.2, 0.25) is 0 Å². The fraction of sp³-hybridized carbons (Fsp3) is 0.308. The molecule has 19 heavy (non-hydrogen) atoms. The molecule has 2 aromatic heterocycles. The van der Waals surface area contributed by atoms with Gasteiger partial charge in [-0.25, -0.2) is 9.78 Å². The van der Waals surface area contributed by atoms with Crippen LogP contribution in [0.25, 0.3) is 0 Å². The number of carbonyl (C=O) groups is 1. The average molecular weight is 260 g/mol. The van der Waals surface area contributed by atoms with Crippen molar-refractivity contribution in [3.05, 3.63) is 35.8 Å². The molecule has 100 valence electrons. The molecule has 0 unspecified atom stereocenters. The van der Waals surface area contributed by atoms with Gasteiger partial charge in [0.05, 0.1) is 24.1 Å². The maximum atomic E-state index is 11.5. The number of anilines is 2. The van der Waals surface area contributed by atoms with Crippen LogP contribution in [0.5, 0.6) is 0 Å². The zero-order chi connectivity index (χ0) is 13.8. The second-order valence-corrected chi connectivity index (χ2v) is 4.06. The predicted octanol–water partition coefficient (Wildman–Crippen LogP) is 1.91. The molecule has 0 aliphatic heterocycles. The molecule has 0 saturated heterocycles. The normalized spacial score (nSPS) is 10.3. The third-order valence-electron chi connectivity index (χ3n) is 2.68. The molecule has 2 heterocycles. The summed E-state index contributed by atoms with van der Waals surface area (Å²) in [5.41, 5.74) is 2.30. The van der Waals surface area contributed by atoms with E-state index in [4.69, 9.17) is 0 Å². The molecule has 1 N–H and O–H groups in total. The van der Waals surface area contributed by atoms with Crippen molar-refractivity contribution in [3.63, 3.8) is 0 Å². The van der Waals surface area contributed by atoms with Crippen molar-refractivity contribution in [1.29, 1.82) is 0 Å². The van der Waals surface area contributed by atoms with E-state index in [9.17, 15) is 4.79 Å². The van der Waals surface area contributed by atoms with Gasteiger partial charge in [-0.05, 0) is 18.6 Å². The summed E-state index contributed by atoms with van der Waals surface area (Å²) in [6.45, 7) is 2.03. The number of aryl methyl sites for hydroxylation is 2. The van der Waals surface area contributed by atoms with Gasteiger partial charge >= 0.3 is 5.97 Å². The zero-order valence-corrected chi connectivity index (χ0v) is 11.2. The van der Waals surface area contributed by atoms with Crippen molar-refractivity contribution in [3.8, 4) is 0 Å². The zero-order valence-electron chi connectivity index (χ0n) is 11.2. The number of rotatable bonds is 4. The number of nitrogens with zero attached hydrogens (tertiary/aromatic N) is 3. The highest BCUT2D eigenvalue weighted by Gasteiger charge is 2.09. The van der Waals surface area contributed by atoms with Crippen LogP contribution in [0.1, 0.15) is 23.0 Å². The van der Waals surface area contributed by atoms with Crippen LogP contribution in [-0.2, 0) is 18.2 Å². The highest BCUT2D eigenvalue weighted by Crippen LogP contribution is 2.19. The Morgan fingerprint density at radius 2 is 2.32 bits per heavy atom. The number of hydrogen-bond acceptors (Lipinski definition) is 5. The summed E-state index contributed by atoms with van der Waals surface area (Å²) in [6, 6.07) is 3.26. The van der Waals surface area contributed by atoms with Gasteiger partial charge in [0.25, 0.3) is 0 Å². The van der Waals surface area contributed by atoms with Crippen molar-refractivity contribution in [2.45, 2.75) is 13.3 Å². The summed E-state index contributed by atoms with van der Waals surface area (Å²) in [5, 5.41) is 7.50. The Morgan fingerprint density at radius 1 is 1.53 bits per heavy atom. The monoisotopic (exact) mass is 260 g/mol. The lowest BCUT2D eigenvalue weighted by molar-refractivity contribution is 0.0600. The summed E-state index contributed by atoms with van der Waals surface area (Å²) in [6.07, 6.45) is 4.27. The third kappa shape index (κ3) is 2.90. The van der Waals surface area contributed by atoms with Crippen molar-refractivity contribution in [2.75, 3.05) is 12.4 Å². The Bertz CT molecular complexity index is 592. The van der Waals surface area contributed by atoms with Crippen LogP contribution in [-0.4, -0.2) is 27.8 Å². The van der Waals surface area contributed by atoms with Crippen LogP contribution in [0, 0.1) is 0 Å². The number of pyridine rings is 1. The fourth-order valence-corrected chi connectivity index (χ4v) is 1.78. The number of esters is 1. The number of aromatic nitrogens is 3. The molecule has 0 amide bonds. The summed E-state index contributed by atoms with van der Waals surface area (Å²) >= 11 is 0. The number of methoxy groups -OCH3 is 1. The molecule has 0 atom stereocenters. The Balaban J connectivity index is 2.25. The fourth-order valence-electron chi connectivity index (χ4n) is 1.78. The smallest absolute Gasteiger partial charge is 0.338 e. The molecule has 2 aromatic rings. The molecular formula is C13H16N4O2. The van der Waals surface area contributed by atoms with E-state index in [1.54, 1.807) is 23.0 Å². The highest BCUT2D eigenvalue weighted by atomic mass is 16.5. The van der Waals surface area contributed by atoms with Gasteiger partial charge < -0.3 is 10.1 Å². The third-order valence-corrected chi connectivity index (χ3v) is 2.68. The van der Waals surface area contributed by atoms with Gasteiger partial charge in [0, 0.05) is 19.4 Å².